The number of rotatable bonds is 2. The molecule has 0 aliphatic rings. The first-order valence-corrected chi connectivity index (χ1v) is 11.6. The van der Waals surface area contributed by atoms with E-state index >= 15 is 0 Å². The molecule has 2 aromatic carbocycles. The summed E-state index contributed by atoms with van der Waals surface area (Å²) in [4.78, 5) is 16.1. The molecule has 0 aliphatic heterocycles. The van der Waals surface area contributed by atoms with Gasteiger partial charge in [0.1, 0.15) is 0 Å². The lowest BCUT2D eigenvalue weighted by Gasteiger charge is -2.06. The lowest BCUT2D eigenvalue weighted by atomic mass is 10.2. The van der Waals surface area contributed by atoms with Crippen LogP contribution in [0.15, 0.2) is 110 Å². The average molecular weight is 445 g/mol. The molecule has 0 saturated carbocycles. The molecule has 0 radical (unpaired) electrons. The number of fused-ring (bicyclic) bond motifs is 6. The number of para-hydroxylation sites is 2. The Balaban J connectivity index is 0.000000137. The molecule has 1 N–H and O–H groups in total. The molecule has 5 aromatic heterocycles. The van der Waals surface area contributed by atoms with E-state index in [0.717, 1.165) is 16.5 Å². The van der Waals surface area contributed by atoms with E-state index in [2.05, 4.69) is 78.9 Å². The second kappa shape index (κ2) is 8.45. The first-order valence-electron chi connectivity index (χ1n) is 10.7. The van der Waals surface area contributed by atoms with E-state index in [1.54, 1.807) is 0 Å². The highest BCUT2D eigenvalue weighted by Gasteiger charge is 2.10. The van der Waals surface area contributed by atoms with E-state index in [1.807, 2.05) is 55.2 Å². The number of aromatic nitrogens is 5. The van der Waals surface area contributed by atoms with E-state index in [4.69, 9.17) is 0 Å². The maximum atomic E-state index is 4.44. The fraction of sp³-hybridized carbons (Fsp3) is 0. The highest BCUT2D eigenvalue weighted by Crippen LogP contribution is 2.33. The highest BCUT2D eigenvalue weighted by atomic mass is 31.1. The molecule has 7 rings (SSSR count). The number of nitrogens with zero attached hydrogens (tertiary/aromatic N) is 4. The molecule has 158 valence electrons. The van der Waals surface area contributed by atoms with Crippen molar-refractivity contribution in [3.63, 3.8) is 0 Å². The summed E-state index contributed by atoms with van der Waals surface area (Å²) in [7, 11) is 0.474. The van der Waals surface area contributed by atoms with Crippen molar-refractivity contribution >= 4 is 57.8 Å². The Hall–Kier alpha value is -4.08. The van der Waals surface area contributed by atoms with Crippen LogP contribution in [-0.4, -0.2) is 24.3 Å². The second-order valence-electron chi connectivity index (χ2n) is 7.66. The van der Waals surface area contributed by atoms with Gasteiger partial charge in [0.15, 0.2) is 0 Å². The molecular weight excluding hydrogens is 425 g/mol. The number of hydrogen-bond donors (Lipinski definition) is 1. The minimum Gasteiger partial charge on any atom is -0.353 e. The van der Waals surface area contributed by atoms with Crippen LogP contribution in [0, 0.1) is 0 Å². The predicted octanol–water partition coefficient (Wildman–Crippen LogP) is 6.07. The van der Waals surface area contributed by atoms with E-state index in [9.17, 15) is 0 Å². The van der Waals surface area contributed by atoms with Gasteiger partial charge in [0.2, 0.25) is 0 Å². The molecule has 33 heavy (non-hydrogen) atoms. The molecular formula is C27H20N5P. The highest BCUT2D eigenvalue weighted by molar-refractivity contribution is 7.45. The van der Waals surface area contributed by atoms with Crippen molar-refractivity contribution in [2.75, 3.05) is 0 Å². The molecule has 0 spiro atoms. The maximum absolute atomic E-state index is 4.44. The topological polar surface area (TPSA) is 59.4 Å². The summed E-state index contributed by atoms with van der Waals surface area (Å²) < 4.78 is 2.31. The Labute approximate surface area is 192 Å². The second-order valence-corrected chi connectivity index (χ2v) is 8.85. The summed E-state index contributed by atoms with van der Waals surface area (Å²) in [6.45, 7) is 0. The largest absolute Gasteiger partial charge is 0.353 e. The molecule has 5 heterocycles. The standard InChI is InChI=1S/C16H12N3P.C11H8N2/c1-2-6-14-12(5-1)13-8-10-17-11-15(13)19(14)20-16-7-3-4-9-18-16;1-2-4-10-8(3-1)9-5-6-12-7-11(9)13-10/h1-11,20H;1-7,13H. The van der Waals surface area contributed by atoms with Crippen molar-refractivity contribution in [1.82, 2.24) is 24.3 Å². The van der Waals surface area contributed by atoms with Gasteiger partial charge in [-0.3, -0.25) is 15.0 Å². The lowest BCUT2D eigenvalue weighted by Crippen LogP contribution is -2.02. The Kier molecular flexibility index (Phi) is 5.02. The third kappa shape index (κ3) is 3.63. The van der Waals surface area contributed by atoms with Crippen LogP contribution in [0.2, 0.25) is 0 Å². The zero-order valence-corrected chi connectivity index (χ0v) is 18.7. The van der Waals surface area contributed by atoms with Gasteiger partial charge >= 0.3 is 0 Å². The Morgan fingerprint density at radius 2 is 1.27 bits per heavy atom. The van der Waals surface area contributed by atoms with Gasteiger partial charge in [0.25, 0.3) is 0 Å². The molecule has 7 aromatic rings. The number of aromatic amines is 1. The SMILES string of the molecule is c1ccc(Pn2c3ccccc3c3ccncc32)nc1.c1ccc2c(c1)[nH]c1cnccc12. The normalized spacial score (nSPS) is 11.5. The van der Waals surface area contributed by atoms with Gasteiger partial charge in [0.05, 0.1) is 34.4 Å². The molecule has 1 atom stereocenters. The molecule has 0 saturated heterocycles. The van der Waals surface area contributed by atoms with Crippen molar-refractivity contribution in [2.24, 2.45) is 0 Å². The van der Waals surface area contributed by atoms with Gasteiger partial charge in [-0.25, -0.2) is 0 Å². The number of nitrogens with one attached hydrogen (secondary N) is 1. The summed E-state index contributed by atoms with van der Waals surface area (Å²) in [5.74, 6) is 0. The molecule has 6 heteroatoms. The molecule has 0 amide bonds. The van der Waals surface area contributed by atoms with Gasteiger partial charge in [-0.05, 0) is 36.4 Å². The summed E-state index contributed by atoms with van der Waals surface area (Å²) in [6.07, 6.45) is 9.31. The predicted molar refractivity (Wildman–Crippen MR) is 138 cm³/mol. The molecule has 0 fully saturated rings. The van der Waals surface area contributed by atoms with Crippen LogP contribution in [0.4, 0.5) is 0 Å². The van der Waals surface area contributed by atoms with Crippen LogP contribution in [-0.2, 0) is 0 Å². The van der Waals surface area contributed by atoms with E-state index in [-0.39, 0.29) is 0 Å². The third-order valence-electron chi connectivity index (χ3n) is 5.67. The Morgan fingerprint density at radius 3 is 2.15 bits per heavy atom. The maximum Gasteiger partial charge on any atom is 0.0811 e. The number of pyridine rings is 3. The van der Waals surface area contributed by atoms with E-state index < -0.39 is 0 Å². The summed E-state index contributed by atoms with van der Waals surface area (Å²) in [5, 5.41) is 5.03. The minimum atomic E-state index is 0.474. The van der Waals surface area contributed by atoms with Crippen LogP contribution < -0.4 is 5.44 Å². The van der Waals surface area contributed by atoms with Crippen LogP contribution in [0.3, 0.4) is 0 Å². The Morgan fingerprint density at radius 1 is 0.576 bits per heavy atom. The van der Waals surface area contributed by atoms with Crippen LogP contribution in [0.25, 0.3) is 43.6 Å². The van der Waals surface area contributed by atoms with Gasteiger partial charge < -0.3 is 9.32 Å². The zero-order chi connectivity index (χ0) is 22.0. The lowest BCUT2D eigenvalue weighted by molar-refractivity contribution is 1.31. The summed E-state index contributed by atoms with van der Waals surface area (Å²) >= 11 is 0. The molecule has 0 aliphatic carbocycles. The van der Waals surface area contributed by atoms with Gasteiger partial charge in [-0.15, -0.1) is 0 Å². The summed E-state index contributed by atoms with van der Waals surface area (Å²) in [6, 6.07) is 26.9. The van der Waals surface area contributed by atoms with Gasteiger partial charge in [-0.2, -0.15) is 0 Å². The smallest absolute Gasteiger partial charge is 0.0811 e. The van der Waals surface area contributed by atoms with Crippen LogP contribution in [0.1, 0.15) is 0 Å². The molecule has 5 nitrogen and oxygen atoms in total. The number of hydrogen-bond acceptors (Lipinski definition) is 3. The zero-order valence-electron chi connectivity index (χ0n) is 17.7. The van der Waals surface area contributed by atoms with Crippen LogP contribution >= 0.6 is 8.73 Å². The van der Waals surface area contributed by atoms with Crippen LogP contribution in [0.5, 0.6) is 0 Å². The van der Waals surface area contributed by atoms with Gasteiger partial charge in [-0.1, -0.05) is 42.5 Å². The average Bonchev–Trinajstić information content (AvgIpc) is 3.42. The van der Waals surface area contributed by atoms with Crippen molar-refractivity contribution in [2.45, 2.75) is 0 Å². The van der Waals surface area contributed by atoms with E-state index in [1.165, 1.54) is 32.6 Å². The molecule has 1 unspecified atom stereocenters. The fourth-order valence-corrected chi connectivity index (χ4v) is 5.33. The number of benzene rings is 2. The summed E-state index contributed by atoms with van der Waals surface area (Å²) in [5.41, 5.74) is 5.75. The van der Waals surface area contributed by atoms with Crippen molar-refractivity contribution in [3.05, 3.63) is 110 Å². The molecule has 0 bridgehead atoms. The minimum absolute atomic E-state index is 0.474. The quantitative estimate of drug-likeness (QED) is 0.329. The monoisotopic (exact) mass is 445 g/mol. The van der Waals surface area contributed by atoms with Gasteiger partial charge in [0, 0.05) is 54.4 Å². The Bertz CT molecular complexity index is 1600. The number of H-pyrrole nitrogens is 1. The van der Waals surface area contributed by atoms with Crippen molar-refractivity contribution in [3.8, 4) is 0 Å². The first kappa shape index (κ1) is 19.6. The van der Waals surface area contributed by atoms with Crippen molar-refractivity contribution < 1.29 is 0 Å². The fourth-order valence-electron chi connectivity index (χ4n) is 4.18. The third-order valence-corrected chi connectivity index (χ3v) is 6.91. The van der Waals surface area contributed by atoms with E-state index in [0.29, 0.717) is 8.73 Å². The van der Waals surface area contributed by atoms with Crippen molar-refractivity contribution in [1.29, 1.82) is 0 Å². The first-order chi connectivity index (χ1) is 16.4.